The quantitative estimate of drug-likeness (QED) is 0.921. The van der Waals surface area contributed by atoms with Crippen LogP contribution in [-0.2, 0) is 6.54 Å². The molecule has 0 radical (unpaired) electrons. The van der Waals surface area contributed by atoms with Gasteiger partial charge in [-0.2, -0.15) is 0 Å². The van der Waals surface area contributed by atoms with Crippen molar-refractivity contribution in [2.45, 2.75) is 6.54 Å². The third-order valence-electron chi connectivity index (χ3n) is 2.99. The van der Waals surface area contributed by atoms with Crippen molar-refractivity contribution >= 4 is 32.9 Å². The lowest BCUT2D eigenvalue weighted by Crippen LogP contribution is -2.46. The first-order valence-corrected chi connectivity index (χ1v) is 7.66. The van der Waals surface area contributed by atoms with Gasteiger partial charge in [0.15, 0.2) is 10.3 Å². The van der Waals surface area contributed by atoms with Crippen LogP contribution in [0.3, 0.4) is 0 Å². The molecule has 2 aromatic rings. The van der Waals surface area contributed by atoms with Crippen LogP contribution in [-0.4, -0.2) is 36.1 Å². The third kappa shape index (κ3) is 2.33. The molecule has 5 nitrogen and oxygen atoms in total. The van der Waals surface area contributed by atoms with E-state index in [1.165, 1.54) is 0 Å². The molecule has 96 valence electrons. The molecule has 1 fully saturated rings. The topological polar surface area (TPSA) is 58.3 Å². The minimum atomic E-state index is 0.523. The van der Waals surface area contributed by atoms with Gasteiger partial charge in [0, 0.05) is 49.7 Å². The van der Waals surface area contributed by atoms with E-state index in [0.717, 1.165) is 42.1 Å². The standard InChI is InChI=1S/C11H15N5S2/c12-7-9-8-18-11(14-9)16-4-2-15(3-5-16)10-13-1-6-17-10/h1,6,8H,2-5,7,12H2. The second-order valence-corrected chi connectivity index (χ2v) is 5.82. The van der Waals surface area contributed by atoms with Crippen molar-refractivity contribution < 1.29 is 0 Å². The van der Waals surface area contributed by atoms with E-state index < -0.39 is 0 Å². The minimum Gasteiger partial charge on any atom is -0.345 e. The van der Waals surface area contributed by atoms with Crippen LogP contribution >= 0.6 is 22.7 Å². The van der Waals surface area contributed by atoms with Gasteiger partial charge in [-0.05, 0) is 0 Å². The van der Waals surface area contributed by atoms with E-state index in [-0.39, 0.29) is 0 Å². The molecule has 2 N–H and O–H groups in total. The summed E-state index contributed by atoms with van der Waals surface area (Å²) in [6, 6.07) is 0. The Morgan fingerprint density at radius 3 is 2.39 bits per heavy atom. The molecule has 0 aliphatic carbocycles. The lowest BCUT2D eigenvalue weighted by molar-refractivity contribution is 0.650. The summed E-state index contributed by atoms with van der Waals surface area (Å²) in [4.78, 5) is 13.5. The maximum absolute atomic E-state index is 5.59. The number of nitrogens with zero attached hydrogens (tertiary/aromatic N) is 4. The Morgan fingerprint density at radius 1 is 1.11 bits per heavy atom. The molecule has 0 spiro atoms. The molecule has 1 aliphatic heterocycles. The molecule has 0 unspecified atom stereocenters. The van der Waals surface area contributed by atoms with Gasteiger partial charge < -0.3 is 15.5 Å². The first kappa shape index (κ1) is 11.9. The molecule has 0 amide bonds. The number of hydrogen-bond donors (Lipinski definition) is 1. The Balaban J connectivity index is 1.63. The fourth-order valence-corrected chi connectivity index (χ4v) is 3.59. The molecule has 0 atom stereocenters. The maximum Gasteiger partial charge on any atom is 0.185 e. The van der Waals surface area contributed by atoms with Crippen molar-refractivity contribution in [3.8, 4) is 0 Å². The summed E-state index contributed by atoms with van der Waals surface area (Å²) < 4.78 is 0. The van der Waals surface area contributed by atoms with Crippen molar-refractivity contribution in [3.63, 3.8) is 0 Å². The van der Waals surface area contributed by atoms with Gasteiger partial charge in [0.05, 0.1) is 5.69 Å². The smallest absolute Gasteiger partial charge is 0.185 e. The first-order chi connectivity index (χ1) is 8.86. The van der Waals surface area contributed by atoms with Crippen LogP contribution in [0.25, 0.3) is 0 Å². The van der Waals surface area contributed by atoms with E-state index in [9.17, 15) is 0 Å². The summed E-state index contributed by atoms with van der Waals surface area (Å²) >= 11 is 3.38. The van der Waals surface area contributed by atoms with Crippen LogP contribution in [0, 0.1) is 0 Å². The van der Waals surface area contributed by atoms with E-state index in [4.69, 9.17) is 5.73 Å². The summed E-state index contributed by atoms with van der Waals surface area (Å²) in [5.41, 5.74) is 6.57. The highest BCUT2D eigenvalue weighted by Crippen LogP contribution is 2.24. The number of hydrogen-bond acceptors (Lipinski definition) is 7. The highest BCUT2D eigenvalue weighted by atomic mass is 32.1. The molecule has 2 aromatic heterocycles. The van der Waals surface area contributed by atoms with Gasteiger partial charge in [-0.25, -0.2) is 9.97 Å². The monoisotopic (exact) mass is 281 g/mol. The molecular formula is C11H15N5S2. The summed E-state index contributed by atoms with van der Waals surface area (Å²) in [5, 5.41) is 6.28. The van der Waals surface area contributed by atoms with Crippen molar-refractivity contribution in [2.24, 2.45) is 5.73 Å². The summed E-state index contributed by atoms with van der Waals surface area (Å²) in [6.45, 7) is 4.53. The molecule has 1 aliphatic rings. The predicted octanol–water partition coefficient (Wildman–Crippen LogP) is 1.38. The minimum absolute atomic E-state index is 0.523. The van der Waals surface area contributed by atoms with Crippen LogP contribution in [0.4, 0.5) is 10.3 Å². The molecule has 3 heterocycles. The highest BCUT2D eigenvalue weighted by molar-refractivity contribution is 7.14. The van der Waals surface area contributed by atoms with E-state index in [1.807, 2.05) is 17.0 Å². The van der Waals surface area contributed by atoms with Crippen LogP contribution in [0.5, 0.6) is 0 Å². The molecule has 18 heavy (non-hydrogen) atoms. The lowest BCUT2D eigenvalue weighted by Gasteiger charge is -2.34. The van der Waals surface area contributed by atoms with E-state index in [0.29, 0.717) is 6.54 Å². The maximum atomic E-state index is 5.59. The highest BCUT2D eigenvalue weighted by Gasteiger charge is 2.20. The molecule has 0 saturated carbocycles. The molecule has 0 bridgehead atoms. The molecule has 1 saturated heterocycles. The van der Waals surface area contributed by atoms with Crippen molar-refractivity contribution in [2.75, 3.05) is 36.0 Å². The third-order valence-corrected chi connectivity index (χ3v) is 4.77. The average molecular weight is 281 g/mol. The largest absolute Gasteiger partial charge is 0.345 e. The van der Waals surface area contributed by atoms with E-state index >= 15 is 0 Å². The van der Waals surface area contributed by atoms with E-state index in [2.05, 4.69) is 19.8 Å². The van der Waals surface area contributed by atoms with Crippen molar-refractivity contribution in [1.29, 1.82) is 0 Å². The Kier molecular flexibility index (Phi) is 3.44. The van der Waals surface area contributed by atoms with E-state index in [1.54, 1.807) is 22.7 Å². The number of anilines is 2. The van der Waals surface area contributed by atoms with Crippen LogP contribution in [0.2, 0.25) is 0 Å². The average Bonchev–Trinajstić information content (AvgIpc) is 3.10. The lowest BCUT2D eigenvalue weighted by atomic mass is 10.3. The Hall–Kier alpha value is -1.18. The van der Waals surface area contributed by atoms with Crippen LogP contribution in [0.15, 0.2) is 17.0 Å². The number of piperazine rings is 1. The van der Waals surface area contributed by atoms with Crippen molar-refractivity contribution in [3.05, 3.63) is 22.7 Å². The van der Waals surface area contributed by atoms with Gasteiger partial charge in [0.2, 0.25) is 0 Å². The predicted molar refractivity (Wildman–Crippen MR) is 76.5 cm³/mol. The first-order valence-electron chi connectivity index (χ1n) is 5.90. The summed E-state index contributed by atoms with van der Waals surface area (Å²) in [7, 11) is 0. The summed E-state index contributed by atoms with van der Waals surface area (Å²) in [5.74, 6) is 0. The summed E-state index contributed by atoms with van der Waals surface area (Å²) in [6.07, 6.45) is 1.86. The van der Waals surface area contributed by atoms with Crippen LogP contribution in [0.1, 0.15) is 5.69 Å². The molecular weight excluding hydrogens is 266 g/mol. The molecule has 7 heteroatoms. The van der Waals surface area contributed by atoms with Crippen molar-refractivity contribution in [1.82, 2.24) is 9.97 Å². The zero-order valence-corrected chi connectivity index (χ0v) is 11.6. The second-order valence-electron chi connectivity index (χ2n) is 4.11. The van der Waals surface area contributed by atoms with Gasteiger partial charge >= 0.3 is 0 Å². The SMILES string of the molecule is NCc1csc(N2CCN(c3nccs3)CC2)n1. The Labute approximate surface area is 114 Å². The van der Waals surface area contributed by atoms with Gasteiger partial charge in [0.1, 0.15) is 0 Å². The van der Waals surface area contributed by atoms with Crippen LogP contribution < -0.4 is 15.5 Å². The van der Waals surface area contributed by atoms with Gasteiger partial charge in [-0.1, -0.05) is 0 Å². The Bertz CT molecular complexity index is 487. The van der Waals surface area contributed by atoms with Gasteiger partial charge in [-0.3, -0.25) is 0 Å². The normalized spacial score (nSPS) is 16.3. The zero-order chi connectivity index (χ0) is 12.4. The number of nitrogens with two attached hydrogens (primary N) is 1. The molecule has 0 aromatic carbocycles. The number of rotatable bonds is 3. The fraction of sp³-hybridized carbons (Fsp3) is 0.455. The fourth-order valence-electron chi connectivity index (χ4n) is 2.00. The van der Waals surface area contributed by atoms with Gasteiger partial charge in [0.25, 0.3) is 0 Å². The van der Waals surface area contributed by atoms with Gasteiger partial charge in [-0.15, -0.1) is 22.7 Å². The number of thiazole rings is 2. The Morgan fingerprint density at radius 2 is 1.83 bits per heavy atom. The number of aromatic nitrogens is 2. The second kappa shape index (κ2) is 5.21. The zero-order valence-electron chi connectivity index (χ0n) is 9.95. The molecule has 3 rings (SSSR count).